The van der Waals surface area contributed by atoms with E-state index >= 15 is 0 Å². The van der Waals surface area contributed by atoms with E-state index in [1.54, 1.807) is 25.1 Å². The topological polar surface area (TPSA) is 72.2 Å². The number of guanidine groups is 1. The van der Waals surface area contributed by atoms with Gasteiger partial charge in [0.25, 0.3) is 0 Å². The van der Waals surface area contributed by atoms with E-state index in [-0.39, 0.29) is 42.0 Å². The lowest BCUT2D eigenvalue weighted by molar-refractivity contribution is -0.0520. The second-order valence-corrected chi connectivity index (χ2v) is 6.63. The highest BCUT2D eigenvalue weighted by Gasteiger charge is 2.15. The van der Waals surface area contributed by atoms with Crippen molar-refractivity contribution in [1.82, 2.24) is 20.0 Å². The molecule has 1 aromatic carbocycles. The summed E-state index contributed by atoms with van der Waals surface area (Å²) in [5.41, 5.74) is 2.38. The van der Waals surface area contributed by atoms with Gasteiger partial charge in [-0.1, -0.05) is 18.2 Å². The van der Waals surface area contributed by atoms with Crippen LogP contribution in [0.25, 0.3) is 5.65 Å². The van der Waals surface area contributed by atoms with Crippen molar-refractivity contribution in [3.8, 4) is 11.5 Å². The molecule has 7 nitrogen and oxygen atoms in total. The Hall–Kier alpha value is -2.63. The number of aromatic nitrogens is 2. The molecule has 2 aromatic heterocycles. The van der Waals surface area contributed by atoms with Crippen molar-refractivity contribution in [2.45, 2.75) is 33.4 Å². The minimum atomic E-state index is -2.94. The number of nitrogens with one attached hydrogen (secondary N) is 2. The largest absolute Gasteiger partial charge is 0.490 e. The van der Waals surface area contributed by atoms with Crippen LogP contribution < -0.4 is 20.1 Å². The van der Waals surface area contributed by atoms with Crippen LogP contribution in [-0.4, -0.2) is 41.7 Å². The van der Waals surface area contributed by atoms with Crippen LogP contribution in [0.1, 0.15) is 25.1 Å². The number of alkyl halides is 2. The third-order valence-electron chi connectivity index (χ3n) is 4.41. The van der Waals surface area contributed by atoms with Gasteiger partial charge in [-0.25, -0.2) is 9.98 Å². The maximum atomic E-state index is 12.9. The zero-order chi connectivity index (χ0) is 22.1. The smallest absolute Gasteiger partial charge is 0.387 e. The van der Waals surface area contributed by atoms with Crippen molar-refractivity contribution in [2.75, 3.05) is 19.7 Å². The average molecular weight is 559 g/mol. The summed E-state index contributed by atoms with van der Waals surface area (Å²) in [6.07, 6.45) is 4.67. The van der Waals surface area contributed by atoms with Gasteiger partial charge in [0, 0.05) is 37.5 Å². The first-order valence-corrected chi connectivity index (χ1v) is 10.2. The van der Waals surface area contributed by atoms with Crippen molar-refractivity contribution in [3.63, 3.8) is 0 Å². The number of rotatable bonds is 10. The van der Waals surface area contributed by atoms with E-state index < -0.39 is 6.61 Å². The Kier molecular flexibility index (Phi) is 10.4. The summed E-state index contributed by atoms with van der Waals surface area (Å²) in [6, 6.07) is 10.9. The number of aliphatic imine (C=N–C) groups is 1. The SMILES string of the molecule is CCNC(=NCc1cccc(OCC)c1OC(F)F)NCCc1cn2ccccc2n1.I. The Morgan fingerprint density at radius 2 is 2.00 bits per heavy atom. The third kappa shape index (κ3) is 7.21. The van der Waals surface area contributed by atoms with Gasteiger partial charge in [-0.05, 0) is 32.0 Å². The molecule has 0 aliphatic rings. The summed E-state index contributed by atoms with van der Waals surface area (Å²) >= 11 is 0. The molecule has 3 rings (SSSR count). The quantitative estimate of drug-likeness (QED) is 0.221. The highest BCUT2D eigenvalue weighted by molar-refractivity contribution is 14.0. The Balaban J connectivity index is 0.00000363. The Bertz CT molecular complexity index is 980. The molecule has 0 saturated carbocycles. The zero-order valence-corrected chi connectivity index (χ0v) is 20.4. The van der Waals surface area contributed by atoms with Crippen LogP contribution in [0.5, 0.6) is 11.5 Å². The van der Waals surface area contributed by atoms with Gasteiger partial charge in [0.1, 0.15) is 5.65 Å². The number of fused-ring (bicyclic) bond motifs is 1. The summed E-state index contributed by atoms with van der Waals surface area (Å²) in [6.45, 7) is 2.59. The van der Waals surface area contributed by atoms with Crippen molar-refractivity contribution >= 4 is 35.6 Å². The first-order chi connectivity index (χ1) is 15.1. The molecule has 3 aromatic rings. The molecule has 0 saturated heterocycles. The standard InChI is InChI=1S/C22H27F2N5O2.HI/c1-3-25-22(26-12-11-17-15-29-13-6-5-10-19(29)28-17)27-14-16-8-7-9-18(30-4-2)20(16)31-21(23)24;/h5-10,13,15,21H,3-4,11-12,14H2,1-2H3,(H2,25,26,27);1H. The lowest BCUT2D eigenvalue weighted by atomic mass is 10.2. The van der Waals surface area contributed by atoms with E-state index in [1.807, 2.05) is 41.9 Å². The maximum absolute atomic E-state index is 12.9. The summed E-state index contributed by atoms with van der Waals surface area (Å²) in [5, 5.41) is 6.41. The molecule has 0 spiro atoms. The van der Waals surface area contributed by atoms with E-state index in [0.29, 0.717) is 37.6 Å². The Morgan fingerprint density at radius 1 is 1.16 bits per heavy atom. The predicted octanol–water partition coefficient (Wildman–Crippen LogP) is 4.25. The maximum Gasteiger partial charge on any atom is 0.387 e. The fraction of sp³-hybridized carbons (Fsp3) is 0.364. The van der Waals surface area contributed by atoms with Gasteiger partial charge in [0.15, 0.2) is 17.5 Å². The fourth-order valence-electron chi connectivity index (χ4n) is 3.10. The molecule has 0 atom stereocenters. The van der Waals surface area contributed by atoms with E-state index in [9.17, 15) is 8.78 Å². The fourth-order valence-corrected chi connectivity index (χ4v) is 3.10. The van der Waals surface area contributed by atoms with Gasteiger partial charge >= 0.3 is 6.61 Å². The van der Waals surface area contributed by atoms with Crippen molar-refractivity contribution in [3.05, 3.63) is 60.0 Å². The number of ether oxygens (including phenoxy) is 2. The second kappa shape index (κ2) is 13.0. The molecule has 0 fully saturated rings. The van der Waals surface area contributed by atoms with E-state index in [0.717, 1.165) is 11.3 Å². The predicted molar refractivity (Wildman–Crippen MR) is 131 cm³/mol. The number of benzene rings is 1. The van der Waals surface area contributed by atoms with Crippen molar-refractivity contribution in [2.24, 2.45) is 4.99 Å². The molecule has 174 valence electrons. The highest BCUT2D eigenvalue weighted by atomic mass is 127. The van der Waals surface area contributed by atoms with Gasteiger partial charge in [0.05, 0.1) is 18.8 Å². The molecule has 32 heavy (non-hydrogen) atoms. The van der Waals surface area contributed by atoms with Crippen LogP contribution in [0.2, 0.25) is 0 Å². The summed E-state index contributed by atoms with van der Waals surface area (Å²) in [4.78, 5) is 9.09. The molecule has 2 heterocycles. The van der Waals surface area contributed by atoms with Crippen LogP contribution in [0.4, 0.5) is 8.78 Å². The molecule has 0 amide bonds. The number of halogens is 3. The van der Waals surface area contributed by atoms with Crippen LogP contribution in [0.3, 0.4) is 0 Å². The van der Waals surface area contributed by atoms with Crippen LogP contribution in [0, 0.1) is 0 Å². The van der Waals surface area contributed by atoms with Gasteiger partial charge < -0.3 is 24.5 Å². The van der Waals surface area contributed by atoms with Gasteiger partial charge in [0.2, 0.25) is 0 Å². The molecular formula is C22H28F2IN5O2. The minimum Gasteiger partial charge on any atom is -0.490 e. The summed E-state index contributed by atoms with van der Waals surface area (Å²) in [5.74, 6) is 0.875. The lowest BCUT2D eigenvalue weighted by Gasteiger charge is -2.15. The van der Waals surface area contributed by atoms with Gasteiger partial charge in [-0.15, -0.1) is 24.0 Å². The molecule has 0 aliphatic heterocycles. The summed E-state index contributed by atoms with van der Waals surface area (Å²) in [7, 11) is 0. The normalized spacial score (nSPS) is 11.3. The van der Waals surface area contributed by atoms with Crippen LogP contribution >= 0.6 is 24.0 Å². The number of nitrogens with zero attached hydrogens (tertiary/aromatic N) is 3. The van der Waals surface area contributed by atoms with Crippen LogP contribution in [0.15, 0.2) is 53.8 Å². The number of pyridine rings is 1. The first-order valence-electron chi connectivity index (χ1n) is 10.2. The number of hydrogen-bond acceptors (Lipinski definition) is 4. The number of hydrogen-bond donors (Lipinski definition) is 2. The van der Waals surface area contributed by atoms with Crippen molar-refractivity contribution < 1.29 is 18.3 Å². The molecule has 2 N–H and O–H groups in total. The lowest BCUT2D eigenvalue weighted by Crippen LogP contribution is -2.38. The monoisotopic (exact) mass is 559 g/mol. The number of para-hydroxylation sites is 1. The van der Waals surface area contributed by atoms with Gasteiger partial charge in [-0.3, -0.25) is 0 Å². The van der Waals surface area contributed by atoms with E-state index in [2.05, 4.69) is 20.6 Å². The average Bonchev–Trinajstić information content (AvgIpc) is 3.16. The first kappa shape index (κ1) is 25.6. The molecular weight excluding hydrogens is 531 g/mol. The number of imidazole rings is 1. The minimum absolute atomic E-state index is 0. The molecule has 0 unspecified atom stereocenters. The third-order valence-corrected chi connectivity index (χ3v) is 4.41. The highest BCUT2D eigenvalue weighted by Crippen LogP contribution is 2.33. The molecule has 0 aliphatic carbocycles. The van der Waals surface area contributed by atoms with Crippen molar-refractivity contribution in [1.29, 1.82) is 0 Å². The Labute approximate surface area is 203 Å². The molecule has 0 bridgehead atoms. The molecule has 10 heteroatoms. The molecule has 0 radical (unpaired) electrons. The van der Waals surface area contributed by atoms with E-state index in [1.165, 1.54) is 0 Å². The zero-order valence-electron chi connectivity index (χ0n) is 18.1. The summed E-state index contributed by atoms with van der Waals surface area (Å²) < 4.78 is 37.9. The Morgan fingerprint density at radius 3 is 2.72 bits per heavy atom. The van der Waals surface area contributed by atoms with E-state index in [4.69, 9.17) is 9.47 Å². The second-order valence-electron chi connectivity index (χ2n) is 6.63. The van der Waals surface area contributed by atoms with Crippen LogP contribution in [-0.2, 0) is 13.0 Å². The van der Waals surface area contributed by atoms with Gasteiger partial charge in [-0.2, -0.15) is 8.78 Å².